The van der Waals surface area contributed by atoms with E-state index in [2.05, 4.69) is 0 Å². The molecule has 0 aromatic heterocycles. The van der Waals surface area contributed by atoms with Gasteiger partial charge in [-0.25, -0.2) is 0 Å². The van der Waals surface area contributed by atoms with Crippen LogP contribution in [0.4, 0.5) is 0 Å². The third-order valence-corrected chi connectivity index (χ3v) is 2.09. The van der Waals surface area contributed by atoms with Gasteiger partial charge >= 0.3 is 0 Å². The topological polar surface area (TPSA) is 54.5 Å². The number of hydrogen-bond donors (Lipinski definition) is 0. The van der Waals surface area contributed by atoms with Gasteiger partial charge in [0.05, 0.1) is 6.54 Å². The zero-order chi connectivity index (χ0) is 12.7. The number of benzene rings is 1. The van der Waals surface area contributed by atoms with Crippen molar-refractivity contribution in [3.05, 3.63) is 42.0 Å². The van der Waals surface area contributed by atoms with Crippen LogP contribution in [0.3, 0.4) is 0 Å². The first-order valence-electron chi connectivity index (χ1n) is 5.05. The van der Waals surface area contributed by atoms with E-state index in [1.807, 2.05) is 30.3 Å². The van der Waals surface area contributed by atoms with E-state index in [9.17, 15) is 14.4 Å². The molecule has 87 valence electrons. The maximum atomic E-state index is 11.6. The lowest BCUT2D eigenvalue weighted by molar-refractivity contribution is -0.139. The van der Waals surface area contributed by atoms with Crippen LogP contribution in [-0.4, -0.2) is 29.5 Å². The molecule has 0 aliphatic rings. The van der Waals surface area contributed by atoms with Gasteiger partial charge in [0.2, 0.25) is 12.2 Å². The Kier molecular flexibility index (Phi) is 4.81. The molecule has 17 heavy (non-hydrogen) atoms. The molecule has 4 heteroatoms. The van der Waals surface area contributed by atoms with Gasteiger partial charge in [-0.2, -0.15) is 0 Å². The Bertz CT molecular complexity index is 437. The van der Waals surface area contributed by atoms with Crippen molar-refractivity contribution in [2.45, 2.75) is 6.92 Å². The Hall–Kier alpha value is -2.23. The maximum absolute atomic E-state index is 11.6. The average molecular weight is 230 g/mol. The van der Waals surface area contributed by atoms with Crippen LogP contribution < -0.4 is 0 Å². The first-order chi connectivity index (χ1) is 8.15. The molecule has 0 fully saturated rings. The molecule has 0 saturated carbocycles. The van der Waals surface area contributed by atoms with Crippen molar-refractivity contribution < 1.29 is 14.4 Å². The second-order valence-electron chi connectivity index (χ2n) is 3.33. The number of nitrogens with zero attached hydrogens (tertiary/aromatic N) is 1. The van der Waals surface area contributed by atoms with E-state index in [1.54, 1.807) is 6.08 Å². The van der Waals surface area contributed by atoms with E-state index in [1.165, 1.54) is 19.3 Å². The molecule has 0 unspecified atom stereocenters. The Labute approximate surface area is 99.5 Å². The van der Waals surface area contributed by atoms with Gasteiger partial charge in [-0.05, 0) is 11.6 Å². The average Bonchev–Trinajstić information content (AvgIpc) is 2.34. The predicted octanol–water partition coefficient (Wildman–Crippen LogP) is 1.18. The molecule has 1 radical (unpaired) electrons. The zero-order valence-corrected chi connectivity index (χ0v) is 9.42. The van der Waals surface area contributed by atoms with Crippen LogP contribution in [-0.2, 0) is 14.4 Å². The standard InChI is InChI=1S/C13H12NO3/c1-11(16)14(9-10-15)13(17)8-7-12-5-3-2-4-6-12/h2-8H,9H2,1H3/b8-7+. The summed E-state index contributed by atoms with van der Waals surface area (Å²) in [5.41, 5.74) is 0.847. The first kappa shape index (κ1) is 12.8. The minimum Gasteiger partial charge on any atom is -0.289 e. The highest BCUT2D eigenvalue weighted by atomic mass is 16.2. The van der Waals surface area contributed by atoms with E-state index in [0.717, 1.165) is 10.5 Å². The molecule has 2 amide bonds. The van der Waals surface area contributed by atoms with Gasteiger partial charge in [-0.3, -0.25) is 19.3 Å². The van der Waals surface area contributed by atoms with E-state index in [4.69, 9.17) is 0 Å². The Morgan fingerprint density at radius 2 is 1.94 bits per heavy atom. The lowest BCUT2D eigenvalue weighted by Crippen LogP contribution is -2.35. The molecule has 4 nitrogen and oxygen atoms in total. The van der Waals surface area contributed by atoms with Crippen molar-refractivity contribution in [1.82, 2.24) is 4.90 Å². The molecule has 1 rings (SSSR count). The van der Waals surface area contributed by atoms with Crippen molar-refractivity contribution in [1.29, 1.82) is 0 Å². The number of hydrogen-bond acceptors (Lipinski definition) is 3. The third-order valence-electron chi connectivity index (χ3n) is 2.09. The van der Waals surface area contributed by atoms with Crippen molar-refractivity contribution >= 4 is 24.2 Å². The van der Waals surface area contributed by atoms with Crippen LogP contribution in [0.25, 0.3) is 6.08 Å². The highest BCUT2D eigenvalue weighted by Crippen LogP contribution is 2.02. The van der Waals surface area contributed by atoms with Gasteiger partial charge in [-0.1, -0.05) is 30.3 Å². The fourth-order valence-electron chi connectivity index (χ4n) is 1.23. The Morgan fingerprint density at radius 1 is 1.29 bits per heavy atom. The van der Waals surface area contributed by atoms with E-state index >= 15 is 0 Å². The van der Waals surface area contributed by atoms with Crippen molar-refractivity contribution in [2.24, 2.45) is 0 Å². The molecule has 0 atom stereocenters. The van der Waals surface area contributed by atoms with E-state index < -0.39 is 11.8 Å². The second-order valence-corrected chi connectivity index (χ2v) is 3.33. The third kappa shape index (κ3) is 4.03. The summed E-state index contributed by atoms with van der Waals surface area (Å²) in [6, 6.07) is 9.20. The molecule has 0 spiro atoms. The molecule has 0 aliphatic heterocycles. The van der Waals surface area contributed by atoms with Crippen molar-refractivity contribution in [3.8, 4) is 0 Å². The summed E-state index contributed by atoms with van der Waals surface area (Å²) in [7, 11) is 0. The molecule has 1 aromatic rings. The zero-order valence-electron chi connectivity index (χ0n) is 9.42. The largest absolute Gasteiger partial charge is 0.289 e. The predicted molar refractivity (Wildman–Crippen MR) is 63.6 cm³/mol. The van der Waals surface area contributed by atoms with Gasteiger partial charge in [0.15, 0.2) is 0 Å². The minimum atomic E-state index is -0.523. The molecule has 0 saturated heterocycles. The number of rotatable bonds is 4. The molecular weight excluding hydrogens is 218 g/mol. The maximum Gasteiger partial charge on any atom is 0.253 e. The summed E-state index contributed by atoms with van der Waals surface area (Å²) in [5, 5.41) is 0. The van der Waals surface area contributed by atoms with Gasteiger partial charge < -0.3 is 0 Å². The van der Waals surface area contributed by atoms with Crippen LogP contribution in [0.5, 0.6) is 0 Å². The summed E-state index contributed by atoms with van der Waals surface area (Å²) in [5.74, 6) is -0.999. The fourth-order valence-corrected chi connectivity index (χ4v) is 1.23. The van der Waals surface area contributed by atoms with Gasteiger partial charge in [0, 0.05) is 13.0 Å². The van der Waals surface area contributed by atoms with E-state index in [-0.39, 0.29) is 6.54 Å². The van der Waals surface area contributed by atoms with Crippen LogP contribution >= 0.6 is 0 Å². The molecule has 0 N–H and O–H groups in total. The summed E-state index contributed by atoms with van der Waals surface area (Å²) < 4.78 is 0. The van der Waals surface area contributed by atoms with Crippen LogP contribution in [0, 0.1) is 0 Å². The molecular formula is C13H12NO3. The minimum absolute atomic E-state index is 0.340. The van der Waals surface area contributed by atoms with Gasteiger partial charge in [0.1, 0.15) is 0 Å². The van der Waals surface area contributed by atoms with Crippen molar-refractivity contribution in [3.63, 3.8) is 0 Å². The first-order valence-corrected chi connectivity index (χ1v) is 5.05. The Morgan fingerprint density at radius 3 is 2.47 bits per heavy atom. The summed E-state index contributed by atoms with van der Waals surface area (Å²) in [6.07, 6.45) is 4.37. The quantitative estimate of drug-likeness (QED) is 0.730. The highest BCUT2D eigenvalue weighted by molar-refractivity contribution is 6.03. The Balaban J connectivity index is 2.73. The molecule has 0 heterocycles. The lowest BCUT2D eigenvalue weighted by atomic mass is 10.2. The second kappa shape index (κ2) is 6.37. The molecule has 1 aromatic carbocycles. The highest BCUT2D eigenvalue weighted by Gasteiger charge is 2.14. The lowest BCUT2D eigenvalue weighted by Gasteiger charge is -2.12. The summed E-state index contributed by atoms with van der Waals surface area (Å²) in [4.78, 5) is 33.7. The normalized spacial score (nSPS) is 10.2. The fraction of sp³-hybridized carbons (Fsp3) is 0.154. The SMILES string of the molecule is CC(=O)N(C[C]=O)C(=O)/C=C/c1ccccc1. The van der Waals surface area contributed by atoms with Crippen LogP contribution in [0.15, 0.2) is 36.4 Å². The number of amides is 2. The van der Waals surface area contributed by atoms with Gasteiger partial charge in [0.25, 0.3) is 5.91 Å². The monoisotopic (exact) mass is 230 g/mol. The van der Waals surface area contributed by atoms with E-state index in [0.29, 0.717) is 0 Å². The van der Waals surface area contributed by atoms with Crippen LogP contribution in [0.2, 0.25) is 0 Å². The smallest absolute Gasteiger partial charge is 0.253 e. The van der Waals surface area contributed by atoms with Gasteiger partial charge in [-0.15, -0.1) is 0 Å². The van der Waals surface area contributed by atoms with Crippen LogP contribution in [0.1, 0.15) is 12.5 Å². The summed E-state index contributed by atoms with van der Waals surface area (Å²) >= 11 is 0. The number of carbonyl (C=O) groups is 2. The molecule has 0 aliphatic carbocycles. The van der Waals surface area contributed by atoms with Crippen molar-refractivity contribution in [2.75, 3.05) is 6.54 Å². The number of carbonyl (C=O) groups excluding carboxylic acids is 3. The molecule has 0 bridgehead atoms. The summed E-state index contributed by atoms with van der Waals surface area (Å²) in [6.45, 7) is 0.888. The number of imide groups is 1.